The van der Waals surface area contributed by atoms with Gasteiger partial charge in [0.1, 0.15) is 0 Å². The molecule has 1 aromatic rings. The summed E-state index contributed by atoms with van der Waals surface area (Å²) in [5.74, 6) is 4.99. The van der Waals surface area contributed by atoms with E-state index in [9.17, 15) is 4.79 Å². The highest BCUT2D eigenvalue weighted by Crippen LogP contribution is 2.23. The molecule has 0 aromatic heterocycles. The fourth-order valence-electron chi connectivity index (χ4n) is 2.62. The first-order valence-electron chi connectivity index (χ1n) is 7.15. The third-order valence-corrected chi connectivity index (χ3v) is 4.11. The van der Waals surface area contributed by atoms with Crippen molar-refractivity contribution in [1.82, 2.24) is 10.3 Å². The van der Waals surface area contributed by atoms with E-state index >= 15 is 0 Å². The van der Waals surface area contributed by atoms with Crippen molar-refractivity contribution in [2.75, 3.05) is 37.6 Å². The van der Waals surface area contributed by atoms with Gasteiger partial charge in [-0.15, -0.1) is 0 Å². The van der Waals surface area contributed by atoms with Crippen LogP contribution in [0, 0.1) is 13.8 Å². The summed E-state index contributed by atoms with van der Waals surface area (Å²) in [6.07, 6.45) is 0.472. The Bertz CT molecular complexity index is 467. The van der Waals surface area contributed by atoms with E-state index in [0.717, 1.165) is 32.7 Å². The van der Waals surface area contributed by atoms with E-state index in [4.69, 9.17) is 5.84 Å². The van der Waals surface area contributed by atoms with Crippen molar-refractivity contribution in [2.45, 2.75) is 20.3 Å². The van der Waals surface area contributed by atoms with Gasteiger partial charge < -0.3 is 4.90 Å². The molecule has 0 spiro atoms. The minimum absolute atomic E-state index is 0.0954. The fourth-order valence-corrected chi connectivity index (χ4v) is 2.62. The Morgan fingerprint density at radius 3 is 2.60 bits per heavy atom. The van der Waals surface area contributed by atoms with Gasteiger partial charge >= 0.3 is 0 Å². The molecule has 1 aromatic carbocycles. The standard InChI is InChI=1S/C15H24N4O/c1-12-4-3-5-14(13(12)2)19-10-8-18(9-11-19)7-6-15(20)17-16/h3-5H,6-11,16H2,1-2H3,(H,17,20). The Morgan fingerprint density at radius 2 is 1.95 bits per heavy atom. The van der Waals surface area contributed by atoms with Crippen LogP contribution in [-0.4, -0.2) is 43.5 Å². The van der Waals surface area contributed by atoms with Gasteiger partial charge in [0.15, 0.2) is 0 Å². The zero-order chi connectivity index (χ0) is 14.5. The zero-order valence-corrected chi connectivity index (χ0v) is 12.4. The normalized spacial score (nSPS) is 16.2. The lowest BCUT2D eigenvalue weighted by Gasteiger charge is -2.37. The summed E-state index contributed by atoms with van der Waals surface area (Å²) in [6.45, 7) is 9.12. The van der Waals surface area contributed by atoms with Gasteiger partial charge in [-0.05, 0) is 31.0 Å². The van der Waals surface area contributed by atoms with Crippen LogP contribution in [0.2, 0.25) is 0 Å². The second kappa shape index (κ2) is 6.72. The quantitative estimate of drug-likeness (QED) is 0.485. The van der Waals surface area contributed by atoms with Crippen LogP contribution >= 0.6 is 0 Å². The van der Waals surface area contributed by atoms with Crippen LogP contribution in [0.4, 0.5) is 5.69 Å². The molecule has 1 fully saturated rings. The maximum atomic E-state index is 11.1. The van der Waals surface area contributed by atoms with Gasteiger partial charge in [-0.2, -0.15) is 0 Å². The highest BCUT2D eigenvalue weighted by atomic mass is 16.2. The summed E-state index contributed by atoms with van der Waals surface area (Å²) in [5, 5.41) is 0. The minimum Gasteiger partial charge on any atom is -0.369 e. The van der Waals surface area contributed by atoms with Crippen LogP contribution in [-0.2, 0) is 4.79 Å². The molecular weight excluding hydrogens is 252 g/mol. The van der Waals surface area contributed by atoms with Crippen LogP contribution in [0.25, 0.3) is 0 Å². The number of benzene rings is 1. The second-order valence-corrected chi connectivity index (χ2v) is 5.37. The Balaban J connectivity index is 1.88. The highest BCUT2D eigenvalue weighted by molar-refractivity contribution is 5.75. The lowest BCUT2D eigenvalue weighted by molar-refractivity contribution is -0.121. The lowest BCUT2D eigenvalue weighted by Crippen LogP contribution is -2.47. The molecule has 5 heteroatoms. The first-order valence-corrected chi connectivity index (χ1v) is 7.15. The molecular formula is C15H24N4O. The molecule has 1 amide bonds. The Morgan fingerprint density at radius 1 is 1.25 bits per heavy atom. The number of amides is 1. The number of aryl methyl sites for hydroxylation is 1. The number of anilines is 1. The third-order valence-electron chi connectivity index (χ3n) is 4.11. The Labute approximate surface area is 120 Å². The van der Waals surface area contributed by atoms with E-state index in [1.807, 2.05) is 0 Å². The van der Waals surface area contributed by atoms with Gasteiger partial charge in [0, 0.05) is 44.8 Å². The van der Waals surface area contributed by atoms with Crippen LogP contribution < -0.4 is 16.2 Å². The molecule has 1 aliphatic rings. The largest absolute Gasteiger partial charge is 0.369 e. The van der Waals surface area contributed by atoms with Crippen LogP contribution in [0.3, 0.4) is 0 Å². The number of piperazine rings is 1. The minimum atomic E-state index is -0.0954. The van der Waals surface area contributed by atoms with Crippen molar-refractivity contribution in [3.05, 3.63) is 29.3 Å². The molecule has 1 aliphatic heterocycles. The van der Waals surface area contributed by atoms with E-state index in [2.05, 4.69) is 47.3 Å². The number of hydrogen-bond donors (Lipinski definition) is 2. The molecule has 3 N–H and O–H groups in total. The molecule has 0 atom stereocenters. The number of carbonyl (C=O) groups excluding carboxylic acids is 1. The van der Waals surface area contributed by atoms with Gasteiger partial charge in [-0.3, -0.25) is 15.1 Å². The van der Waals surface area contributed by atoms with E-state index in [1.54, 1.807) is 0 Å². The van der Waals surface area contributed by atoms with Crippen molar-refractivity contribution in [2.24, 2.45) is 5.84 Å². The Kier molecular flexibility index (Phi) is 4.98. The predicted molar refractivity (Wildman–Crippen MR) is 81.5 cm³/mol. The summed E-state index contributed by atoms with van der Waals surface area (Å²) < 4.78 is 0. The number of hydrogen-bond acceptors (Lipinski definition) is 4. The van der Waals surface area contributed by atoms with Crippen molar-refractivity contribution >= 4 is 11.6 Å². The molecule has 1 heterocycles. The van der Waals surface area contributed by atoms with E-state index in [1.165, 1.54) is 16.8 Å². The average molecular weight is 276 g/mol. The van der Waals surface area contributed by atoms with Crippen LogP contribution in [0.1, 0.15) is 17.5 Å². The Hall–Kier alpha value is -1.59. The van der Waals surface area contributed by atoms with Crippen molar-refractivity contribution < 1.29 is 4.79 Å². The number of rotatable bonds is 4. The zero-order valence-electron chi connectivity index (χ0n) is 12.4. The van der Waals surface area contributed by atoms with Gasteiger partial charge in [-0.25, -0.2) is 5.84 Å². The topological polar surface area (TPSA) is 61.6 Å². The molecule has 0 aliphatic carbocycles. The maximum absolute atomic E-state index is 11.1. The molecule has 0 radical (unpaired) electrons. The first-order chi connectivity index (χ1) is 9.61. The monoisotopic (exact) mass is 276 g/mol. The van der Waals surface area contributed by atoms with Gasteiger partial charge in [0.25, 0.3) is 0 Å². The van der Waals surface area contributed by atoms with E-state index in [-0.39, 0.29) is 5.91 Å². The molecule has 0 bridgehead atoms. The van der Waals surface area contributed by atoms with E-state index < -0.39 is 0 Å². The molecule has 110 valence electrons. The molecule has 20 heavy (non-hydrogen) atoms. The van der Waals surface area contributed by atoms with Gasteiger partial charge in [0.2, 0.25) is 5.91 Å². The first kappa shape index (κ1) is 14.8. The second-order valence-electron chi connectivity index (χ2n) is 5.37. The number of hydrazine groups is 1. The predicted octanol–water partition coefficient (Wildman–Crippen LogP) is 0.805. The summed E-state index contributed by atoms with van der Waals surface area (Å²) in [4.78, 5) is 15.9. The van der Waals surface area contributed by atoms with E-state index in [0.29, 0.717) is 6.42 Å². The summed E-state index contributed by atoms with van der Waals surface area (Å²) in [5.41, 5.74) is 6.22. The number of nitrogens with two attached hydrogens (primary N) is 1. The summed E-state index contributed by atoms with van der Waals surface area (Å²) in [6, 6.07) is 6.47. The maximum Gasteiger partial charge on any atom is 0.235 e. The number of nitrogens with one attached hydrogen (secondary N) is 1. The average Bonchev–Trinajstić information content (AvgIpc) is 2.48. The number of carbonyl (C=O) groups is 1. The summed E-state index contributed by atoms with van der Waals surface area (Å²) in [7, 11) is 0. The molecule has 5 nitrogen and oxygen atoms in total. The van der Waals surface area contributed by atoms with Crippen molar-refractivity contribution in [3.8, 4) is 0 Å². The molecule has 2 rings (SSSR count). The van der Waals surface area contributed by atoms with Crippen molar-refractivity contribution in [3.63, 3.8) is 0 Å². The smallest absolute Gasteiger partial charge is 0.235 e. The highest BCUT2D eigenvalue weighted by Gasteiger charge is 2.18. The third kappa shape index (κ3) is 3.49. The lowest BCUT2D eigenvalue weighted by atomic mass is 10.1. The fraction of sp³-hybridized carbons (Fsp3) is 0.533. The van der Waals surface area contributed by atoms with Gasteiger partial charge in [-0.1, -0.05) is 12.1 Å². The number of nitrogens with zero attached hydrogens (tertiary/aromatic N) is 2. The molecule has 0 unspecified atom stereocenters. The van der Waals surface area contributed by atoms with Crippen LogP contribution in [0.5, 0.6) is 0 Å². The molecule has 1 saturated heterocycles. The van der Waals surface area contributed by atoms with Crippen molar-refractivity contribution in [1.29, 1.82) is 0 Å². The van der Waals surface area contributed by atoms with Gasteiger partial charge in [0.05, 0.1) is 0 Å². The van der Waals surface area contributed by atoms with Crippen LogP contribution in [0.15, 0.2) is 18.2 Å². The SMILES string of the molecule is Cc1cccc(N2CCN(CCC(=O)NN)CC2)c1C. The summed E-state index contributed by atoms with van der Waals surface area (Å²) >= 11 is 0. The molecule has 0 saturated carbocycles.